The summed E-state index contributed by atoms with van der Waals surface area (Å²) in [6.45, 7) is 3.49. The average Bonchev–Trinajstić information content (AvgIpc) is 2.54. The summed E-state index contributed by atoms with van der Waals surface area (Å²) in [5, 5.41) is 0.142. The fraction of sp³-hybridized carbons (Fsp3) is 0.211. The van der Waals surface area contributed by atoms with E-state index in [1.54, 1.807) is 6.92 Å². The molecular weight excluding hydrogens is 325 g/mol. The predicted molar refractivity (Wildman–Crippen MR) is 93.9 cm³/mol. The van der Waals surface area contributed by atoms with Crippen LogP contribution in [0.1, 0.15) is 29.0 Å². The Balaban J connectivity index is 1.99. The SMILES string of the molecule is Cc1cc(CS(=O)(=O)C(C)c2ccc(F)cc2)c2ccccc2n1. The Morgan fingerprint density at radius 1 is 1.08 bits per heavy atom. The van der Waals surface area contributed by atoms with E-state index in [9.17, 15) is 12.8 Å². The first-order valence-corrected chi connectivity index (χ1v) is 9.40. The lowest BCUT2D eigenvalue weighted by atomic mass is 10.1. The van der Waals surface area contributed by atoms with Crippen LogP contribution in [0.2, 0.25) is 0 Å². The zero-order chi connectivity index (χ0) is 17.3. The maximum Gasteiger partial charge on any atom is 0.161 e. The molecule has 0 radical (unpaired) electrons. The monoisotopic (exact) mass is 343 g/mol. The van der Waals surface area contributed by atoms with Gasteiger partial charge in [-0.1, -0.05) is 30.3 Å². The summed E-state index contributed by atoms with van der Waals surface area (Å²) in [5.41, 5.74) is 2.91. The summed E-state index contributed by atoms with van der Waals surface area (Å²) >= 11 is 0. The molecule has 5 heteroatoms. The molecule has 0 saturated carbocycles. The highest BCUT2D eigenvalue weighted by Crippen LogP contribution is 2.28. The Bertz CT molecular complexity index is 982. The normalized spacial score (nSPS) is 13.1. The van der Waals surface area contributed by atoms with Gasteiger partial charge in [-0.3, -0.25) is 4.98 Å². The van der Waals surface area contributed by atoms with E-state index in [1.807, 2.05) is 37.3 Å². The third kappa shape index (κ3) is 3.31. The number of para-hydroxylation sites is 1. The van der Waals surface area contributed by atoms with Crippen LogP contribution in [-0.4, -0.2) is 13.4 Å². The van der Waals surface area contributed by atoms with Crippen molar-refractivity contribution in [1.82, 2.24) is 4.98 Å². The fourth-order valence-corrected chi connectivity index (χ4v) is 4.29. The number of benzene rings is 2. The van der Waals surface area contributed by atoms with Crippen molar-refractivity contribution in [3.05, 3.63) is 77.2 Å². The van der Waals surface area contributed by atoms with Crippen LogP contribution in [0.5, 0.6) is 0 Å². The summed E-state index contributed by atoms with van der Waals surface area (Å²) < 4.78 is 38.7. The van der Waals surface area contributed by atoms with Crippen LogP contribution in [0.15, 0.2) is 54.6 Å². The van der Waals surface area contributed by atoms with Gasteiger partial charge in [0.2, 0.25) is 0 Å². The number of hydrogen-bond donors (Lipinski definition) is 0. The molecular formula is C19H18FNO2S. The minimum absolute atomic E-state index is 0.0740. The molecule has 0 aliphatic heterocycles. The molecule has 0 amide bonds. The Morgan fingerprint density at radius 3 is 2.46 bits per heavy atom. The maximum absolute atomic E-state index is 13.1. The maximum atomic E-state index is 13.1. The highest BCUT2D eigenvalue weighted by atomic mass is 32.2. The molecule has 1 heterocycles. The standard InChI is InChI=1S/C19H18FNO2S/c1-13-11-16(18-5-3-4-6-19(18)21-13)12-24(22,23)14(2)15-7-9-17(20)10-8-15/h3-11,14H,12H2,1-2H3. The summed E-state index contributed by atoms with van der Waals surface area (Å²) in [7, 11) is -3.44. The van der Waals surface area contributed by atoms with Gasteiger partial charge in [0, 0.05) is 11.1 Å². The second-order valence-electron chi connectivity index (χ2n) is 5.94. The lowest BCUT2D eigenvalue weighted by molar-refractivity contribution is 0.585. The van der Waals surface area contributed by atoms with Crippen molar-refractivity contribution in [3.8, 4) is 0 Å². The minimum atomic E-state index is -3.44. The second-order valence-corrected chi connectivity index (χ2v) is 8.26. The van der Waals surface area contributed by atoms with E-state index in [-0.39, 0.29) is 11.6 Å². The van der Waals surface area contributed by atoms with Gasteiger partial charge < -0.3 is 0 Å². The van der Waals surface area contributed by atoms with Crippen LogP contribution in [-0.2, 0) is 15.6 Å². The molecule has 3 aromatic rings. The first-order valence-electron chi connectivity index (χ1n) is 7.69. The predicted octanol–water partition coefficient (Wildman–Crippen LogP) is 4.36. The third-order valence-electron chi connectivity index (χ3n) is 4.16. The number of aryl methyl sites for hydroxylation is 1. The van der Waals surface area contributed by atoms with Crippen LogP contribution in [0, 0.1) is 12.7 Å². The number of aromatic nitrogens is 1. The number of rotatable bonds is 4. The van der Waals surface area contributed by atoms with Gasteiger partial charge in [0.15, 0.2) is 9.84 Å². The molecule has 0 N–H and O–H groups in total. The number of fused-ring (bicyclic) bond motifs is 1. The van der Waals surface area contributed by atoms with Gasteiger partial charge in [0.1, 0.15) is 5.82 Å². The second kappa shape index (κ2) is 6.32. The smallest absolute Gasteiger partial charge is 0.161 e. The van der Waals surface area contributed by atoms with E-state index < -0.39 is 15.1 Å². The van der Waals surface area contributed by atoms with Crippen molar-refractivity contribution in [2.24, 2.45) is 0 Å². The largest absolute Gasteiger partial charge is 0.253 e. The van der Waals surface area contributed by atoms with Crippen molar-refractivity contribution in [2.45, 2.75) is 24.9 Å². The van der Waals surface area contributed by atoms with E-state index in [1.165, 1.54) is 24.3 Å². The van der Waals surface area contributed by atoms with Gasteiger partial charge in [-0.05, 0) is 49.2 Å². The molecule has 0 spiro atoms. The first kappa shape index (κ1) is 16.6. The summed E-state index contributed by atoms with van der Waals surface area (Å²) in [4.78, 5) is 4.44. The highest BCUT2D eigenvalue weighted by molar-refractivity contribution is 7.90. The molecule has 24 heavy (non-hydrogen) atoms. The molecule has 0 aliphatic carbocycles. The Kier molecular flexibility index (Phi) is 4.37. The van der Waals surface area contributed by atoms with Crippen molar-refractivity contribution in [1.29, 1.82) is 0 Å². The number of halogens is 1. The van der Waals surface area contributed by atoms with Crippen molar-refractivity contribution >= 4 is 20.7 Å². The lowest BCUT2D eigenvalue weighted by Gasteiger charge is -2.15. The van der Waals surface area contributed by atoms with Crippen molar-refractivity contribution in [2.75, 3.05) is 0 Å². The van der Waals surface area contributed by atoms with Crippen LogP contribution in [0.3, 0.4) is 0 Å². The zero-order valence-electron chi connectivity index (χ0n) is 13.5. The summed E-state index contributed by atoms with van der Waals surface area (Å²) in [5.74, 6) is -0.450. The Morgan fingerprint density at radius 2 is 1.75 bits per heavy atom. The molecule has 2 aromatic carbocycles. The van der Waals surface area contributed by atoms with Crippen molar-refractivity contribution < 1.29 is 12.8 Å². The average molecular weight is 343 g/mol. The molecule has 3 rings (SSSR count). The molecule has 1 atom stereocenters. The molecule has 3 nitrogen and oxygen atoms in total. The van der Waals surface area contributed by atoms with Gasteiger partial charge in [0.05, 0.1) is 16.5 Å². The summed E-state index contributed by atoms with van der Waals surface area (Å²) in [6.07, 6.45) is 0. The molecule has 0 aliphatic rings. The molecule has 0 saturated heterocycles. The van der Waals surface area contributed by atoms with E-state index >= 15 is 0 Å². The van der Waals surface area contributed by atoms with E-state index in [2.05, 4.69) is 4.98 Å². The van der Waals surface area contributed by atoms with Gasteiger partial charge in [-0.2, -0.15) is 0 Å². The molecule has 0 bridgehead atoms. The van der Waals surface area contributed by atoms with Crippen molar-refractivity contribution in [3.63, 3.8) is 0 Å². The van der Waals surface area contributed by atoms with Crippen LogP contribution in [0.4, 0.5) is 4.39 Å². The minimum Gasteiger partial charge on any atom is -0.253 e. The van der Waals surface area contributed by atoms with Gasteiger partial charge in [-0.15, -0.1) is 0 Å². The van der Waals surface area contributed by atoms with Gasteiger partial charge in [-0.25, -0.2) is 12.8 Å². The molecule has 1 aromatic heterocycles. The van der Waals surface area contributed by atoms with Crippen LogP contribution < -0.4 is 0 Å². The molecule has 0 fully saturated rings. The van der Waals surface area contributed by atoms with E-state index in [0.29, 0.717) is 5.56 Å². The number of pyridine rings is 1. The quantitative estimate of drug-likeness (QED) is 0.707. The molecule has 1 unspecified atom stereocenters. The number of sulfone groups is 1. The Labute approximate surface area is 141 Å². The van der Waals surface area contributed by atoms with Crippen LogP contribution >= 0.6 is 0 Å². The van der Waals surface area contributed by atoms with Crippen LogP contribution in [0.25, 0.3) is 10.9 Å². The number of nitrogens with zero attached hydrogens (tertiary/aromatic N) is 1. The molecule has 124 valence electrons. The topological polar surface area (TPSA) is 47.0 Å². The third-order valence-corrected chi connectivity index (χ3v) is 6.23. The van der Waals surface area contributed by atoms with Gasteiger partial charge in [0.25, 0.3) is 0 Å². The number of hydrogen-bond acceptors (Lipinski definition) is 3. The zero-order valence-corrected chi connectivity index (χ0v) is 14.3. The van der Waals surface area contributed by atoms with Gasteiger partial charge >= 0.3 is 0 Å². The van der Waals surface area contributed by atoms with E-state index in [4.69, 9.17) is 0 Å². The van der Waals surface area contributed by atoms with E-state index in [0.717, 1.165) is 22.2 Å². The lowest BCUT2D eigenvalue weighted by Crippen LogP contribution is -2.13. The fourth-order valence-electron chi connectivity index (χ4n) is 2.80. The first-order chi connectivity index (χ1) is 11.4. The summed E-state index contributed by atoms with van der Waals surface area (Å²) in [6, 6.07) is 14.9. The highest BCUT2D eigenvalue weighted by Gasteiger charge is 2.24. The Hall–Kier alpha value is -2.27.